The second kappa shape index (κ2) is 3.16. The van der Waals surface area contributed by atoms with Crippen LogP contribution in [0.2, 0.25) is 0 Å². The van der Waals surface area contributed by atoms with Gasteiger partial charge in [0.1, 0.15) is 0 Å². The molecule has 1 aliphatic rings. The average molecular weight is 198 g/mol. The number of aromatic nitrogens is 1. The van der Waals surface area contributed by atoms with Gasteiger partial charge in [-0.25, -0.2) is 0 Å². The molecule has 3 rings (SSSR count). The summed E-state index contributed by atoms with van der Waals surface area (Å²) in [6, 6.07) is 10.9. The molecular weight excluding hydrogens is 184 g/mol. The number of hydrogen-bond donors (Lipinski definition) is 1. The molecule has 0 saturated carbocycles. The average Bonchev–Trinajstić information content (AvgIpc) is 2.88. The van der Waals surface area contributed by atoms with E-state index < -0.39 is 0 Å². The highest BCUT2D eigenvalue weighted by atomic mass is 15.1. The van der Waals surface area contributed by atoms with Gasteiger partial charge < -0.3 is 9.88 Å². The molecule has 76 valence electrons. The first-order chi connectivity index (χ1) is 7.34. The molecular formula is C13H14N2. The highest BCUT2D eigenvalue weighted by Crippen LogP contribution is 2.30. The minimum absolute atomic E-state index is 1.14. The largest absolute Gasteiger partial charge is 0.374 e. The summed E-state index contributed by atoms with van der Waals surface area (Å²) in [5.41, 5.74) is 5.33. The van der Waals surface area contributed by atoms with Crippen molar-refractivity contribution in [2.75, 3.05) is 18.5 Å². The lowest BCUT2D eigenvalue weighted by Gasteiger charge is -2.11. The van der Waals surface area contributed by atoms with E-state index in [2.05, 4.69) is 41.2 Å². The fourth-order valence-electron chi connectivity index (χ4n) is 2.24. The van der Waals surface area contributed by atoms with E-state index in [-0.39, 0.29) is 0 Å². The molecule has 15 heavy (non-hydrogen) atoms. The van der Waals surface area contributed by atoms with E-state index in [9.17, 15) is 0 Å². The lowest BCUT2D eigenvalue weighted by atomic mass is 10.1. The van der Waals surface area contributed by atoms with Gasteiger partial charge in [0.25, 0.3) is 0 Å². The first kappa shape index (κ1) is 8.60. The minimum Gasteiger partial charge on any atom is -0.374 e. The number of nitrogens with one attached hydrogen (secondary N) is 1. The number of nitrogens with zero attached hydrogens (tertiary/aromatic N) is 1. The SMILES string of the molecule is CN1CCc2cc(-c3ccc[nH]3)ccc21. The summed E-state index contributed by atoms with van der Waals surface area (Å²) in [4.78, 5) is 5.56. The molecule has 0 bridgehead atoms. The number of H-pyrrole nitrogens is 1. The van der Waals surface area contributed by atoms with Gasteiger partial charge >= 0.3 is 0 Å². The fourth-order valence-corrected chi connectivity index (χ4v) is 2.24. The van der Waals surface area contributed by atoms with Gasteiger partial charge in [0.05, 0.1) is 0 Å². The van der Waals surface area contributed by atoms with Crippen LogP contribution in [0.25, 0.3) is 11.3 Å². The molecule has 0 unspecified atom stereocenters. The maximum atomic E-state index is 3.24. The van der Waals surface area contributed by atoms with Crippen molar-refractivity contribution in [1.29, 1.82) is 0 Å². The summed E-state index contributed by atoms with van der Waals surface area (Å²) >= 11 is 0. The monoisotopic (exact) mass is 198 g/mol. The lowest BCUT2D eigenvalue weighted by Crippen LogP contribution is -2.12. The van der Waals surface area contributed by atoms with Crippen molar-refractivity contribution in [1.82, 2.24) is 4.98 Å². The Bertz CT molecular complexity index is 471. The zero-order chi connectivity index (χ0) is 10.3. The summed E-state index contributed by atoms with van der Waals surface area (Å²) in [7, 11) is 2.15. The van der Waals surface area contributed by atoms with E-state index in [0.717, 1.165) is 6.54 Å². The number of aromatic amines is 1. The maximum absolute atomic E-state index is 3.24. The summed E-state index contributed by atoms with van der Waals surface area (Å²) in [6.07, 6.45) is 3.13. The molecule has 1 aromatic heterocycles. The Morgan fingerprint density at radius 3 is 3.00 bits per heavy atom. The van der Waals surface area contributed by atoms with Crippen molar-refractivity contribution < 1.29 is 0 Å². The van der Waals surface area contributed by atoms with Gasteiger partial charge in [-0.15, -0.1) is 0 Å². The molecule has 2 aromatic rings. The molecule has 1 aliphatic heterocycles. The number of fused-ring (bicyclic) bond motifs is 1. The number of benzene rings is 1. The van der Waals surface area contributed by atoms with Crippen LogP contribution in [-0.4, -0.2) is 18.6 Å². The Kier molecular flexibility index (Phi) is 1.81. The predicted octanol–water partition coefficient (Wildman–Crippen LogP) is 2.67. The van der Waals surface area contributed by atoms with E-state index in [1.165, 1.54) is 28.9 Å². The van der Waals surface area contributed by atoms with Crippen LogP contribution < -0.4 is 4.90 Å². The molecule has 0 radical (unpaired) electrons. The Labute approximate surface area is 89.5 Å². The van der Waals surface area contributed by atoms with Gasteiger partial charge in [-0.1, -0.05) is 6.07 Å². The van der Waals surface area contributed by atoms with Crippen molar-refractivity contribution in [2.45, 2.75) is 6.42 Å². The van der Waals surface area contributed by atoms with E-state index in [1.807, 2.05) is 12.3 Å². The van der Waals surface area contributed by atoms with Crippen LogP contribution in [0.1, 0.15) is 5.56 Å². The molecule has 2 nitrogen and oxygen atoms in total. The maximum Gasteiger partial charge on any atom is 0.0454 e. The summed E-state index contributed by atoms with van der Waals surface area (Å²) < 4.78 is 0. The number of rotatable bonds is 1. The van der Waals surface area contributed by atoms with Crippen LogP contribution in [0.3, 0.4) is 0 Å². The van der Waals surface area contributed by atoms with E-state index in [1.54, 1.807) is 0 Å². The van der Waals surface area contributed by atoms with Gasteiger partial charge in [0.2, 0.25) is 0 Å². The molecule has 0 spiro atoms. The quantitative estimate of drug-likeness (QED) is 0.746. The van der Waals surface area contributed by atoms with Gasteiger partial charge in [-0.05, 0) is 41.8 Å². The van der Waals surface area contributed by atoms with Crippen LogP contribution in [0.15, 0.2) is 36.5 Å². The Morgan fingerprint density at radius 1 is 1.27 bits per heavy atom. The smallest absolute Gasteiger partial charge is 0.0454 e. The Balaban J connectivity index is 2.07. The predicted molar refractivity (Wildman–Crippen MR) is 63.2 cm³/mol. The molecule has 0 saturated heterocycles. The third-order valence-corrected chi connectivity index (χ3v) is 3.12. The minimum atomic E-state index is 1.14. The third-order valence-electron chi connectivity index (χ3n) is 3.12. The molecule has 1 aromatic carbocycles. The standard InChI is InChI=1S/C13H14N2/c1-15-8-6-11-9-10(4-5-13(11)15)12-3-2-7-14-12/h2-5,7,9,14H,6,8H2,1H3. The van der Waals surface area contributed by atoms with Crippen molar-refractivity contribution in [3.05, 3.63) is 42.1 Å². The number of hydrogen-bond acceptors (Lipinski definition) is 1. The van der Waals surface area contributed by atoms with Crippen LogP contribution in [0.4, 0.5) is 5.69 Å². The van der Waals surface area contributed by atoms with Crippen LogP contribution in [0, 0.1) is 0 Å². The number of likely N-dealkylation sites (N-methyl/N-ethyl adjacent to an activating group) is 1. The van der Waals surface area contributed by atoms with Gasteiger partial charge in [-0.3, -0.25) is 0 Å². The van der Waals surface area contributed by atoms with Gasteiger partial charge in [0.15, 0.2) is 0 Å². The fraction of sp³-hybridized carbons (Fsp3) is 0.231. The zero-order valence-corrected chi connectivity index (χ0v) is 8.83. The summed E-state index contributed by atoms with van der Waals surface area (Å²) in [5.74, 6) is 0. The number of anilines is 1. The van der Waals surface area contributed by atoms with Crippen LogP contribution in [0.5, 0.6) is 0 Å². The third kappa shape index (κ3) is 1.33. The molecule has 1 N–H and O–H groups in total. The Morgan fingerprint density at radius 2 is 2.20 bits per heavy atom. The highest BCUT2D eigenvalue weighted by Gasteiger charge is 2.15. The normalized spacial score (nSPS) is 14.3. The van der Waals surface area contributed by atoms with Gasteiger partial charge in [0, 0.05) is 31.2 Å². The van der Waals surface area contributed by atoms with E-state index in [0.29, 0.717) is 0 Å². The first-order valence-corrected chi connectivity index (χ1v) is 5.32. The van der Waals surface area contributed by atoms with E-state index in [4.69, 9.17) is 0 Å². The molecule has 2 heteroatoms. The molecule has 0 aliphatic carbocycles. The van der Waals surface area contributed by atoms with Crippen molar-refractivity contribution >= 4 is 5.69 Å². The summed E-state index contributed by atoms with van der Waals surface area (Å²) in [6.45, 7) is 1.14. The lowest BCUT2D eigenvalue weighted by molar-refractivity contribution is 0.956. The molecule has 0 amide bonds. The van der Waals surface area contributed by atoms with Crippen molar-refractivity contribution in [2.24, 2.45) is 0 Å². The summed E-state index contributed by atoms with van der Waals surface area (Å²) in [5, 5.41) is 0. The molecule has 0 atom stereocenters. The van der Waals surface area contributed by atoms with Crippen LogP contribution in [-0.2, 0) is 6.42 Å². The molecule has 0 fully saturated rings. The topological polar surface area (TPSA) is 19.0 Å². The van der Waals surface area contributed by atoms with E-state index >= 15 is 0 Å². The highest BCUT2D eigenvalue weighted by molar-refractivity contribution is 5.68. The van der Waals surface area contributed by atoms with Crippen LogP contribution >= 0.6 is 0 Å². The second-order valence-electron chi connectivity index (χ2n) is 4.10. The van der Waals surface area contributed by atoms with Gasteiger partial charge in [-0.2, -0.15) is 0 Å². The second-order valence-corrected chi connectivity index (χ2v) is 4.10. The van der Waals surface area contributed by atoms with Crippen molar-refractivity contribution in [3.63, 3.8) is 0 Å². The van der Waals surface area contributed by atoms with Crippen molar-refractivity contribution in [3.8, 4) is 11.3 Å². The molecule has 2 heterocycles. The zero-order valence-electron chi connectivity index (χ0n) is 8.83. The Hall–Kier alpha value is -1.70. The first-order valence-electron chi connectivity index (χ1n) is 5.32.